The third-order valence-corrected chi connectivity index (χ3v) is 3.55. The van der Waals surface area contributed by atoms with Crippen LogP contribution in [0.5, 0.6) is 11.5 Å². The maximum absolute atomic E-state index is 9.94. The molecule has 2 aromatic carbocycles. The number of aromatic hydroxyl groups is 2. The molecule has 0 aliphatic heterocycles. The highest BCUT2D eigenvalue weighted by Gasteiger charge is 2.15. The predicted molar refractivity (Wildman–Crippen MR) is 64.1 cm³/mol. The summed E-state index contributed by atoms with van der Waals surface area (Å²) in [5, 5.41) is 21.2. The van der Waals surface area contributed by atoms with Crippen molar-refractivity contribution in [2.75, 3.05) is 6.26 Å². The number of hydrogen-bond donors (Lipinski definition) is 2. The van der Waals surface area contributed by atoms with Gasteiger partial charge in [-0.05, 0) is 6.26 Å². The lowest BCUT2D eigenvalue weighted by atomic mass is 10.1. The fourth-order valence-electron chi connectivity index (χ4n) is 1.53. The minimum Gasteiger partial charge on any atom is -0.506 e. The van der Waals surface area contributed by atoms with Crippen LogP contribution in [0, 0.1) is 0 Å². The molecule has 0 aromatic heterocycles. The van der Waals surface area contributed by atoms with E-state index >= 15 is 0 Å². The van der Waals surface area contributed by atoms with Crippen molar-refractivity contribution in [3.63, 3.8) is 0 Å². The van der Waals surface area contributed by atoms with Crippen LogP contribution in [-0.2, 0) is 0 Å². The SMILES string of the molecule is CSc1c(Cl)c(O)c2ccccc2c1O. The zero-order valence-corrected chi connectivity index (χ0v) is 9.56. The molecule has 0 saturated heterocycles. The molecule has 0 unspecified atom stereocenters. The van der Waals surface area contributed by atoms with Gasteiger partial charge in [0.05, 0.1) is 4.90 Å². The van der Waals surface area contributed by atoms with Crippen molar-refractivity contribution >= 4 is 34.1 Å². The van der Waals surface area contributed by atoms with Crippen LogP contribution in [-0.4, -0.2) is 16.5 Å². The third-order valence-electron chi connectivity index (χ3n) is 2.26. The highest BCUT2D eigenvalue weighted by atomic mass is 35.5. The van der Waals surface area contributed by atoms with Gasteiger partial charge in [-0.25, -0.2) is 0 Å². The summed E-state index contributed by atoms with van der Waals surface area (Å²) >= 11 is 7.26. The number of benzene rings is 2. The summed E-state index contributed by atoms with van der Waals surface area (Å²) < 4.78 is 0. The van der Waals surface area contributed by atoms with E-state index < -0.39 is 0 Å². The molecule has 2 nitrogen and oxygen atoms in total. The Bertz CT molecular complexity index is 525. The first-order valence-corrected chi connectivity index (χ1v) is 5.93. The first kappa shape index (κ1) is 10.5. The summed E-state index contributed by atoms with van der Waals surface area (Å²) in [6.07, 6.45) is 1.80. The van der Waals surface area contributed by atoms with Crippen LogP contribution < -0.4 is 0 Å². The van der Waals surface area contributed by atoms with Crippen molar-refractivity contribution in [2.24, 2.45) is 0 Å². The summed E-state index contributed by atoms with van der Waals surface area (Å²) in [5.41, 5.74) is 0. The van der Waals surface area contributed by atoms with E-state index in [2.05, 4.69) is 0 Å². The van der Waals surface area contributed by atoms with E-state index in [1.807, 2.05) is 0 Å². The second-order valence-electron chi connectivity index (χ2n) is 3.09. The predicted octanol–water partition coefficient (Wildman–Crippen LogP) is 3.63. The molecular weight excluding hydrogens is 232 g/mol. The van der Waals surface area contributed by atoms with Gasteiger partial charge in [-0.3, -0.25) is 0 Å². The first-order valence-electron chi connectivity index (χ1n) is 4.33. The minimum atomic E-state index is 0.0226. The molecular formula is C11H9ClO2S. The molecule has 0 fully saturated rings. The monoisotopic (exact) mass is 240 g/mol. The van der Waals surface area contributed by atoms with Gasteiger partial charge in [0.2, 0.25) is 0 Å². The van der Waals surface area contributed by atoms with Crippen LogP contribution in [0.3, 0.4) is 0 Å². The smallest absolute Gasteiger partial charge is 0.143 e. The molecule has 0 atom stereocenters. The van der Waals surface area contributed by atoms with E-state index in [1.54, 1.807) is 30.5 Å². The van der Waals surface area contributed by atoms with Crippen molar-refractivity contribution in [1.82, 2.24) is 0 Å². The van der Waals surface area contributed by atoms with Crippen molar-refractivity contribution in [3.05, 3.63) is 29.3 Å². The van der Waals surface area contributed by atoms with E-state index in [0.717, 1.165) is 0 Å². The molecule has 2 N–H and O–H groups in total. The second kappa shape index (κ2) is 3.83. The molecule has 4 heteroatoms. The Balaban J connectivity index is 2.96. The molecule has 78 valence electrons. The fraction of sp³-hybridized carbons (Fsp3) is 0.0909. The van der Waals surface area contributed by atoms with E-state index in [9.17, 15) is 10.2 Å². The Morgan fingerprint density at radius 1 is 1.07 bits per heavy atom. The normalized spacial score (nSPS) is 10.8. The van der Waals surface area contributed by atoms with Crippen LogP contribution in [0.4, 0.5) is 0 Å². The molecule has 0 aliphatic carbocycles. The molecule has 2 rings (SSSR count). The number of fused-ring (bicyclic) bond motifs is 1. The van der Waals surface area contributed by atoms with Crippen molar-refractivity contribution in [2.45, 2.75) is 4.90 Å². The molecule has 0 amide bonds. The number of phenolic OH excluding ortho intramolecular Hbond substituents is 2. The Labute approximate surface area is 96.5 Å². The molecule has 0 heterocycles. The van der Waals surface area contributed by atoms with Crippen LogP contribution in [0.2, 0.25) is 5.02 Å². The summed E-state index contributed by atoms with van der Waals surface area (Å²) in [5.74, 6) is 0.148. The van der Waals surface area contributed by atoms with Crippen LogP contribution in [0.25, 0.3) is 10.8 Å². The molecule has 0 bridgehead atoms. The molecule has 0 aliphatic rings. The maximum atomic E-state index is 9.94. The molecule has 15 heavy (non-hydrogen) atoms. The third kappa shape index (κ3) is 1.52. The van der Waals surface area contributed by atoms with Gasteiger partial charge in [0.15, 0.2) is 0 Å². The number of thioether (sulfide) groups is 1. The summed E-state index contributed by atoms with van der Waals surface area (Å²) in [6.45, 7) is 0. The van der Waals surface area contributed by atoms with Gasteiger partial charge in [-0.1, -0.05) is 35.9 Å². The average molecular weight is 241 g/mol. The zero-order chi connectivity index (χ0) is 11.0. The number of phenols is 2. The Kier molecular flexibility index (Phi) is 2.67. The Hall–Kier alpha value is -1.06. The van der Waals surface area contributed by atoms with E-state index in [0.29, 0.717) is 15.7 Å². The van der Waals surface area contributed by atoms with Crippen LogP contribution in [0.1, 0.15) is 0 Å². The standard InChI is InChI=1S/C11H9ClO2S/c1-15-11-8(12)9(13)6-4-2-3-5-7(6)10(11)14/h2-5,13-14H,1H3. The quantitative estimate of drug-likeness (QED) is 0.591. The number of halogens is 1. The Morgan fingerprint density at radius 3 is 2.13 bits per heavy atom. The molecule has 0 spiro atoms. The average Bonchev–Trinajstić information content (AvgIpc) is 2.27. The van der Waals surface area contributed by atoms with E-state index in [-0.39, 0.29) is 16.5 Å². The topological polar surface area (TPSA) is 40.5 Å². The lowest BCUT2D eigenvalue weighted by Gasteiger charge is -2.10. The lowest BCUT2D eigenvalue weighted by molar-refractivity contribution is 0.458. The van der Waals surface area contributed by atoms with Gasteiger partial charge >= 0.3 is 0 Å². The number of rotatable bonds is 1. The highest BCUT2D eigenvalue weighted by molar-refractivity contribution is 7.98. The zero-order valence-electron chi connectivity index (χ0n) is 7.99. The summed E-state index contributed by atoms with van der Waals surface area (Å²) in [4.78, 5) is 0.507. The highest BCUT2D eigenvalue weighted by Crippen LogP contribution is 2.46. The maximum Gasteiger partial charge on any atom is 0.143 e. The van der Waals surface area contributed by atoms with Crippen molar-refractivity contribution in [1.29, 1.82) is 0 Å². The molecule has 0 radical (unpaired) electrons. The molecule has 0 saturated carbocycles. The van der Waals surface area contributed by atoms with Gasteiger partial charge in [-0.2, -0.15) is 0 Å². The van der Waals surface area contributed by atoms with Gasteiger partial charge in [0.25, 0.3) is 0 Å². The minimum absolute atomic E-state index is 0.0226. The van der Waals surface area contributed by atoms with Gasteiger partial charge in [-0.15, -0.1) is 11.8 Å². The van der Waals surface area contributed by atoms with Gasteiger partial charge in [0.1, 0.15) is 16.5 Å². The lowest BCUT2D eigenvalue weighted by Crippen LogP contribution is -1.82. The van der Waals surface area contributed by atoms with Crippen molar-refractivity contribution in [3.8, 4) is 11.5 Å². The molecule has 2 aromatic rings. The van der Waals surface area contributed by atoms with E-state index in [4.69, 9.17) is 11.6 Å². The number of hydrogen-bond acceptors (Lipinski definition) is 3. The van der Waals surface area contributed by atoms with Crippen LogP contribution in [0.15, 0.2) is 29.2 Å². The van der Waals surface area contributed by atoms with Crippen molar-refractivity contribution < 1.29 is 10.2 Å². The van der Waals surface area contributed by atoms with Gasteiger partial charge in [0, 0.05) is 10.8 Å². The largest absolute Gasteiger partial charge is 0.506 e. The van der Waals surface area contributed by atoms with Gasteiger partial charge < -0.3 is 10.2 Å². The summed E-state index contributed by atoms with van der Waals surface area (Å²) in [6, 6.07) is 7.07. The Morgan fingerprint density at radius 2 is 1.60 bits per heavy atom. The van der Waals surface area contributed by atoms with E-state index in [1.165, 1.54) is 11.8 Å². The first-order chi connectivity index (χ1) is 7.16. The van der Waals surface area contributed by atoms with Crippen LogP contribution >= 0.6 is 23.4 Å². The fourth-order valence-corrected chi connectivity index (χ4v) is 2.54. The summed E-state index contributed by atoms with van der Waals surface area (Å²) in [7, 11) is 0. The second-order valence-corrected chi connectivity index (χ2v) is 4.28.